The third kappa shape index (κ3) is 55.1. The van der Waals surface area contributed by atoms with E-state index in [0.717, 1.165) is 0 Å². The second-order valence-corrected chi connectivity index (χ2v) is 0. The summed E-state index contributed by atoms with van der Waals surface area (Å²) in [6, 6.07) is 0. The minimum Gasteiger partial charge on any atom is -0.412 e. The quantitative estimate of drug-likeness (QED) is 0.371. The Kier molecular flexibility index (Phi) is 1840. The zero-order chi connectivity index (χ0) is 2.00. The summed E-state index contributed by atoms with van der Waals surface area (Å²) in [5.41, 5.74) is 0. The topological polar surface area (TPSA) is 48.6 Å². The summed E-state index contributed by atoms with van der Waals surface area (Å²) in [5.74, 6) is 0. The average Bonchev–Trinajstić information content (AvgIpc) is 1.00. The molecule has 0 aromatic rings. The van der Waals surface area contributed by atoms with E-state index in [4.69, 9.17) is 4.79 Å². The molecule has 0 aliphatic heterocycles. The molecule has 0 aromatic heterocycles. The van der Waals surface area contributed by atoms with E-state index < -0.39 is 0 Å². The maximum atomic E-state index is 8.00. The number of hydrogen-bond donors (Lipinski definition) is 0. The van der Waals surface area contributed by atoms with Crippen LogP contribution in [0, 0.1) is 0 Å². The first-order chi connectivity index (χ1) is 1.00. The van der Waals surface area contributed by atoms with Crippen molar-refractivity contribution >= 4 is 6.79 Å². The molecule has 0 aliphatic carbocycles. The van der Waals surface area contributed by atoms with Crippen molar-refractivity contribution in [3.05, 3.63) is 0 Å². The summed E-state index contributed by atoms with van der Waals surface area (Å²) in [6.45, 7) is 2.00. The Morgan fingerprint density at radius 3 is 1.25 bits per heavy atom. The largest absolute Gasteiger partial charge is 0.412 e. The molecule has 4 heavy (non-hydrogen) atoms. The molecule has 0 fully saturated rings. The van der Waals surface area contributed by atoms with Crippen LogP contribution in [-0.4, -0.2) is 12.3 Å². The molecule has 0 atom stereocenters. The van der Waals surface area contributed by atoms with Gasteiger partial charge in [0, 0.05) is 19.5 Å². The van der Waals surface area contributed by atoms with Crippen LogP contribution in [0.3, 0.4) is 0 Å². The Morgan fingerprint density at radius 2 is 1.25 bits per heavy atom. The minimum absolute atomic E-state index is 0. The second kappa shape index (κ2) is 257. The molecule has 2 N–H and O–H groups in total. The van der Waals surface area contributed by atoms with E-state index in [9.17, 15) is 0 Å². The molecule has 0 saturated carbocycles. The SMILES string of the molecule is C=O.O.[Zn]. The predicted molar refractivity (Wildman–Crippen MR) is 10.7 cm³/mol. The molecule has 3 heteroatoms. The van der Waals surface area contributed by atoms with Crippen molar-refractivity contribution in [3.63, 3.8) is 0 Å². The predicted octanol–water partition coefficient (Wildman–Crippen LogP) is -1.01. The molecule has 0 spiro atoms. The molecule has 0 unspecified atom stereocenters. The van der Waals surface area contributed by atoms with E-state index in [-0.39, 0.29) is 25.0 Å². The molecule has 0 bridgehead atoms. The first-order valence-corrected chi connectivity index (χ1v) is 0.289. The molecule has 22 valence electrons. The van der Waals surface area contributed by atoms with Crippen molar-refractivity contribution in [2.75, 3.05) is 0 Å². The smallest absolute Gasteiger partial charge is 0.106 e. The molecular formula is CH4O2Zn. The standard InChI is InChI=1S/CH2O.H2O.Zn/c1-2;;/h1H2;1H2;. The van der Waals surface area contributed by atoms with Crippen molar-refractivity contribution in [2.24, 2.45) is 0 Å². The summed E-state index contributed by atoms with van der Waals surface area (Å²) in [7, 11) is 0. The Bertz CT molecular complexity index is 6.00. The third-order valence-corrected chi connectivity index (χ3v) is 0. The van der Waals surface area contributed by atoms with E-state index in [1.807, 2.05) is 6.79 Å². The van der Waals surface area contributed by atoms with Gasteiger partial charge in [0.1, 0.15) is 6.79 Å². The molecule has 0 radical (unpaired) electrons. The summed E-state index contributed by atoms with van der Waals surface area (Å²) in [6.07, 6.45) is 0. The van der Waals surface area contributed by atoms with Crippen LogP contribution < -0.4 is 0 Å². The molecule has 0 saturated heterocycles. The van der Waals surface area contributed by atoms with Gasteiger partial charge < -0.3 is 10.3 Å². The maximum absolute atomic E-state index is 8.00. The van der Waals surface area contributed by atoms with E-state index in [1.54, 1.807) is 0 Å². The van der Waals surface area contributed by atoms with Crippen LogP contribution in [0.15, 0.2) is 0 Å². The molecular weight excluding hydrogens is 109 g/mol. The van der Waals surface area contributed by atoms with Gasteiger partial charge in [-0.25, -0.2) is 0 Å². The first kappa shape index (κ1) is 28.7. The van der Waals surface area contributed by atoms with Crippen molar-refractivity contribution in [1.82, 2.24) is 0 Å². The van der Waals surface area contributed by atoms with Crippen molar-refractivity contribution < 1.29 is 29.7 Å². The summed E-state index contributed by atoms with van der Waals surface area (Å²) < 4.78 is 0. The van der Waals surface area contributed by atoms with Gasteiger partial charge in [-0.05, 0) is 0 Å². The number of carbonyl (C=O) groups excluding carboxylic acids is 1. The maximum Gasteiger partial charge on any atom is 0.106 e. The van der Waals surface area contributed by atoms with Crippen molar-refractivity contribution in [1.29, 1.82) is 0 Å². The van der Waals surface area contributed by atoms with Crippen LogP contribution in [0.4, 0.5) is 0 Å². The van der Waals surface area contributed by atoms with Gasteiger partial charge >= 0.3 is 0 Å². The fourth-order valence-electron chi connectivity index (χ4n) is 0. The average molecular weight is 113 g/mol. The van der Waals surface area contributed by atoms with E-state index in [2.05, 4.69) is 0 Å². The van der Waals surface area contributed by atoms with Crippen molar-refractivity contribution in [3.8, 4) is 0 Å². The summed E-state index contributed by atoms with van der Waals surface area (Å²) in [5, 5.41) is 0. The van der Waals surface area contributed by atoms with E-state index in [0.29, 0.717) is 0 Å². The van der Waals surface area contributed by atoms with Crippen LogP contribution in [0.25, 0.3) is 0 Å². The summed E-state index contributed by atoms with van der Waals surface area (Å²) >= 11 is 0. The molecule has 0 rings (SSSR count). The number of rotatable bonds is 0. The minimum atomic E-state index is 0. The van der Waals surface area contributed by atoms with Crippen LogP contribution >= 0.6 is 0 Å². The van der Waals surface area contributed by atoms with E-state index >= 15 is 0 Å². The van der Waals surface area contributed by atoms with Gasteiger partial charge in [-0.15, -0.1) is 0 Å². The molecule has 0 aliphatic rings. The van der Waals surface area contributed by atoms with E-state index in [1.165, 1.54) is 0 Å². The Hall–Kier alpha value is 0.253. The Balaban J connectivity index is -0.00000000500. The van der Waals surface area contributed by atoms with Gasteiger partial charge in [-0.1, -0.05) is 0 Å². The molecule has 0 amide bonds. The van der Waals surface area contributed by atoms with Crippen LogP contribution in [0.1, 0.15) is 0 Å². The van der Waals surface area contributed by atoms with Crippen LogP contribution in [-0.2, 0) is 24.3 Å². The van der Waals surface area contributed by atoms with Gasteiger partial charge in [-0.2, -0.15) is 0 Å². The summed E-state index contributed by atoms with van der Waals surface area (Å²) in [4.78, 5) is 8.00. The fourth-order valence-corrected chi connectivity index (χ4v) is 0. The number of carbonyl (C=O) groups is 1. The monoisotopic (exact) mass is 112 g/mol. The number of hydrogen-bond acceptors (Lipinski definition) is 1. The molecule has 0 heterocycles. The van der Waals surface area contributed by atoms with Gasteiger partial charge in [0.05, 0.1) is 0 Å². The van der Waals surface area contributed by atoms with Gasteiger partial charge in [-0.3, -0.25) is 0 Å². The van der Waals surface area contributed by atoms with Gasteiger partial charge in [0.25, 0.3) is 0 Å². The third-order valence-electron chi connectivity index (χ3n) is 0. The van der Waals surface area contributed by atoms with Crippen LogP contribution in [0.2, 0.25) is 0 Å². The zero-order valence-corrected chi connectivity index (χ0v) is 5.29. The van der Waals surface area contributed by atoms with Gasteiger partial charge in [0.15, 0.2) is 0 Å². The molecule has 0 aromatic carbocycles. The Labute approximate surface area is 37.3 Å². The molecule has 2 nitrogen and oxygen atoms in total. The zero-order valence-electron chi connectivity index (χ0n) is 2.32. The Morgan fingerprint density at radius 1 is 1.25 bits per heavy atom. The normalized spacial score (nSPS) is 1.00. The fraction of sp³-hybridized carbons (Fsp3) is 0. The van der Waals surface area contributed by atoms with Crippen LogP contribution in [0.5, 0.6) is 0 Å². The van der Waals surface area contributed by atoms with Crippen molar-refractivity contribution in [2.45, 2.75) is 0 Å². The van der Waals surface area contributed by atoms with Gasteiger partial charge in [0.2, 0.25) is 0 Å². The first-order valence-electron chi connectivity index (χ1n) is 0.289. The second-order valence-electron chi connectivity index (χ2n) is 0.